The molecule has 4 heterocycles. The predicted octanol–water partition coefficient (Wildman–Crippen LogP) is 4.18. The minimum Gasteiger partial charge on any atom is -0.464 e. The van der Waals surface area contributed by atoms with Crippen molar-refractivity contribution < 1.29 is 51.7 Å². The van der Waals surface area contributed by atoms with Gasteiger partial charge in [-0.05, 0) is 56.9 Å². The lowest BCUT2D eigenvalue weighted by Crippen LogP contribution is -2.45. The minimum atomic E-state index is -4.54. The van der Waals surface area contributed by atoms with Crippen molar-refractivity contribution in [2.45, 2.75) is 89.9 Å². The van der Waals surface area contributed by atoms with Crippen LogP contribution in [0.15, 0.2) is 48.8 Å². The number of rotatable bonds is 14. The van der Waals surface area contributed by atoms with Crippen LogP contribution in [-0.4, -0.2) is 81.8 Å². The highest BCUT2D eigenvalue weighted by atomic mass is 31.2. The van der Waals surface area contributed by atoms with Gasteiger partial charge in [-0.2, -0.15) is 10.2 Å². The molecule has 1 unspecified atom stereocenters. The fraction of sp³-hybridized carbons (Fsp3) is 0.571. The number of aromatic nitrogens is 3. The van der Waals surface area contributed by atoms with E-state index in [4.69, 9.17) is 38.5 Å². The third-order valence-corrected chi connectivity index (χ3v) is 11.3. The van der Waals surface area contributed by atoms with Gasteiger partial charge in [-0.15, -0.1) is 0 Å². The zero-order valence-corrected chi connectivity index (χ0v) is 30.9. The summed E-state index contributed by atoms with van der Waals surface area (Å²) in [5, 5.41) is 7.05. The molecule has 3 aromatic rings. The number of para-hydroxylation sites is 1. The van der Waals surface area contributed by atoms with Gasteiger partial charge < -0.3 is 33.9 Å². The van der Waals surface area contributed by atoms with E-state index in [0.717, 1.165) is 12.8 Å². The van der Waals surface area contributed by atoms with Crippen molar-refractivity contribution in [3.63, 3.8) is 0 Å². The molecule has 2 aromatic heterocycles. The number of nitrogens with one attached hydrogen (secondary N) is 1. The van der Waals surface area contributed by atoms with E-state index < -0.39 is 73.0 Å². The molecule has 17 heteroatoms. The summed E-state index contributed by atoms with van der Waals surface area (Å²) < 4.78 is 58.6. The van der Waals surface area contributed by atoms with Gasteiger partial charge in [0.15, 0.2) is 11.9 Å². The van der Waals surface area contributed by atoms with E-state index in [1.54, 1.807) is 77.1 Å². The molecule has 3 fully saturated rings. The van der Waals surface area contributed by atoms with Gasteiger partial charge in [-0.1, -0.05) is 45.9 Å². The molecule has 0 amide bonds. The molecule has 6 rings (SSSR count). The zero-order valence-electron chi connectivity index (χ0n) is 30.1. The van der Waals surface area contributed by atoms with E-state index in [1.165, 1.54) is 17.8 Å². The number of nitrogens with two attached hydrogens (primary N) is 1. The topological polar surface area (TPSA) is 201 Å². The Hall–Kier alpha value is -4.08. The second kappa shape index (κ2) is 14.7. The van der Waals surface area contributed by atoms with Gasteiger partial charge in [-0.25, -0.2) is 14.1 Å². The normalized spacial score (nSPS) is 27.5. The number of fused-ring (bicyclic) bond motifs is 2. The molecule has 1 aromatic carbocycles. The molecule has 0 radical (unpaired) electrons. The van der Waals surface area contributed by atoms with E-state index in [-0.39, 0.29) is 24.1 Å². The Morgan fingerprint density at radius 3 is 2.38 bits per heavy atom. The van der Waals surface area contributed by atoms with E-state index in [1.807, 2.05) is 0 Å². The Labute approximate surface area is 301 Å². The average Bonchev–Trinajstić information content (AvgIpc) is 3.37. The van der Waals surface area contributed by atoms with Crippen LogP contribution in [0, 0.1) is 17.8 Å². The lowest BCUT2D eigenvalue weighted by atomic mass is 10.0. The molecule has 1 aliphatic carbocycles. The first-order valence-electron chi connectivity index (χ1n) is 17.4. The first-order chi connectivity index (χ1) is 24.7. The summed E-state index contributed by atoms with van der Waals surface area (Å²) >= 11 is 0. The second-order valence-corrected chi connectivity index (χ2v) is 15.8. The molecule has 1 saturated carbocycles. The molecule has 0 bridgehead atoms. The summed E-state index contributed by atoms with van der Waals surface area (Å²) in [6, 6.07) is 10.5. The van der Waals surface area contributed by atoms with Gasteiger partial charge in [-0.3, -0.25) is 18.9 Å². The quantitative estimate of drug-likeness (QED) is 0.135. The number of anilines is 1. The van der Waals surface area contributed by atoms with E-state index >= 15 is 0 Å². The number of esters is 3. The van der Waals surface area contributed by atoms with Crippen molar-refractivity contribution in [1.29, 1.82) is 0 Å². The van der Waals surface area contributed by atoms with Crippen molar-refractivity contribution in [3.8, 4) is 5.75 Å². The number of nitrogens with zero attached hydrogens (tertiary/aromatic N) is 3. The molecule has 7 atom stereocenters. The minimum absolute atomic E-state index is 0.144. The van der Waals surface area contributed by atoms with E-state index in [2.05, 4.69) is 15.2 Å². The van der Waals surface area contributed by atoms with Crippen LogP contribution in [0.25, 0.3) is 5.52 Å². The molecule has 16 nitrogen and oxygen atoms in total. The fourth-order valence-electron chi connectivity index (χ4n) is 6.54. The Bertz CT molecular complexity index is 1830. The number of ether oxygens (including phenoxy) is 5. The van der Waals surface area contributed by atoms with Crippen molar-refractivity contribution in [1.82, 2.24) is 19.7 Å². The van der Waals surface area contributed by atoms with Gasteiger partial charge >= 0.3 is 25.7 Å². The molecular formula is C35H46N5O11P. The van der Waals surface area contributed by atoms with Crippen LogP contribution in [0.3, 0.4) is 0 Å². The van der Waals surface area contributed by atoms with Gasteiger partial charge in [0.2, 0.25) is 5.60 Å². The van der Waals surface area contributed by atoms with Gasteiger partial charge in [0.1, 0.15) is 41.4 Å². The van der Waals surface area contributed by atoms with Crippen molar-refractivity contribution in [2.75, 3.05) is 25.6 Å². The summed E-state index contributed by atoms with van der Waals surface area (Å²) in [7, 11) is -4.54. The Morgan fingerprint density at radius 2 is 1.71 bits per heavy atom. The van der Waals surface area contributed by atoms with E-state index in [9.17, 15) is 18.9 Å². The maximum absolute atomic E-state index is 14.8. The summed E-state index contributed by atoms with van der Waals surface area (Å²) in [4.78, 5) is 44.0. The maximum atomic E-state index is 14.8. The number of hydrogen-bond donors (Lipinski definition) is 2. The SMILES string of the molecule is CC(C)C(=O)O[C@H]1[C@H](c2ccc3c(N)ncnn23)O[C@]2(C)C(O[P@](=O)(N[C@@H](C)C(=O)OCC3CCOCC3)Oc3ccccc3)[C@]12OC(=O)C(C)C. The number of carbonyl (C=O) groups is 3. The molecule has 2 aliphatic heterocycles. The summed E-state index contributed by atoms with van der Waals surface area (Å²) in [5.41, 5.74) is 3.65. The fourth-order valence-corrected chi connectivity index (χ4v) is 8.31. The molecule has 3 aliphatic rings. The molecule has 3 N–H and O–H groups in total. The Morgan fingerprint density at radius 1 is 1.02 bits per heavy atom. The Balaban J connectivity index is 1.35. The van der Waals surface area contributed by atoms with Gasteiger partial charge in [0.25, 0.3) is 0 Å². The lowest BCUT2D eigenvalue weighted by Gasteiger charge is -2.31. The van der Waals surface area contributed by atoms with Crippen LogP contribution >= 0.6 is 7.75 Å². The third kappa shape index (κ3) is 7.14. The summed E-state index contributed by atoms with van der Waals surface area (Å²) in [6.45, 7) is 11.1. The number of nitrogen functional groups attached to an aromatic ring is 1. The number of hydrogen-bond acceptors (Lipinski definition) is 14. The van der Waals surface area contributed by atoms with Crippen LogP contribution in [-0.2, 0) is 47.2 Å². The largest absolute Gasteiger partial charge is 0.464 e. The number of carbonyl (C=O) groups excluding carboxylic acids is 3. The zero-order chi connectivity index (χ0) is 37.4. The molecule has 2 saturated heterocycles. The molecular weight excluding hydrogens is 697 g/mol. The highest BCUT2D eigenvalue weighted by Crippen LogP contribution is 2.71. The summed E-state index contributed by atoms with van der Waals surface area (Å²) in [5.74, 6) is -2.59. The highest BCUT2D eigenvalue weighted by Gasteiger charge is 2.91. The van der Waals surface area contributed by atoms with E-state index in [0.29, 0.717) is 24.4 Å². The highest BCUT2D eigenvalue weighted by molar-refractivity contribution is 7.52. The van der Waals surface area contributed by atoms with Crippen LogP contribution in [0.5, 0.6) is 5.75 Å². The maximum Gasteiger partial charge on any atom is 0.459 e. The van der Waals surface area contributed by atoms with Crippen LogP contribution in [0.1, 0.15) is 66.2 Å². The lowest BCUT2D eigenvalue weighted by molar-refractivity contribution is -0.181. The Kier molecular flexibility index (Phi) is 10.7. The van der Waals surface area contributed by atoms with Gasteiger partial charge in [0.05, 0.1) is 24.1 Å². The smallest absolute Gasteiger partial charge is 0.459 e. The van der Waals surface area contributed by atoms with Crippen molar-refractivity contribution >= 4 is 37.0 Å². The second-order valence-electron chi connectivity index (χ2n) is 14.2. The summed E-state index contributed by atoms with van der Waals surface area (Å²) in [6.07, 6.45) is -0.894. The van der Waals surface area contributed by atoms with Crippen molar-refractivity contribution in [2.24, 2.45) is 17.8 Å². The van der Waals surface area contributed by atoms with Crippen molar-refractivity contribution in [3.05, 3.63) is 54.5 Å². The van der Waals surface area contributed by atoms with Crippen LogP contribution in [0.2, 0.25) is 0 Å². The standard InChI is InChI=1S/C35H46N5O11P/c1-20(2)30(41)47-28-27(25-12-13-26-29(36)37-19-38-40(25)26)48-34(6)33(35(28,34)49-31(42)21(3)4)51-52(44,50-24-10-8-7-9-11-24)39-22(5)32(43)46-18-23-14-16-45-17-15-23/h7-13,19-23,27-28,33H,14-18H2,1-6H3,(H,39,44)(H2,36,37,38)/t22-,27-,28-,33?,34+,35+,52-/m0/s1. The first kappa shape index (κ1) is 37.7. The molecule has 0 spiro atoms. The monoisotopic (exact) mass is 743 g/mol. The van der Waals surface area contributed by atoms with Gasteiger partial charge in [0, 0.05) is 13.2 Å². The molecule has 282 valence electrons. The molecule has 52 heavy (non-hydrogen) atoms. The first-order valence-corrected chi connectivity index (χ1v) is 19.0. The third-order valence-electron chi connectivity index (χ3n) is 9.63. The number of benzene rings is 1. The average molecular weight is 744 g/mol. The van der Waals surface area contributed by atoms with Crippen LogP contribution < -0.4 is 15.3 Å². The predicted molar refractivity (Wildman–Crippen MR) is 185 cm³/mol. The van der Waals surface area contributed by atoms with Crippen LogP contribution in [0.4, 0.5) is 5.82 Å².